The zero-order chi connectivity index (χ0) is 33.5. The molecule has 0 fully saturated rings. The number of hydrogen-bond acceptors (Lipinski definition) is 5. The molecular weight excluding hydrogens is 558 g/mol. The van der Waals surface area contributed by atoms with E-state index in [0.29, 0.717) is 37.5 Å². The third kappa shape index (κ3) is 20.0. The normalized spacial score (nSPS) is 13.9. The molecule has 0 saturated heterocycles. The van der Waals surface area contributed by atoms with E-state index in [4.69, 9.17) is 0 Å². The second-order valence-electron chi connectivity index (χ2n) is 14.5. The monoisotopic (exact) mass is 642 g/mol. The molecule has 0 bridgehead atoms. The second-order valence-corrected chi connectivity index (χ2v) is 14.5. The summed E-state index contributed by atoms with van der Waals surface area (Å²) in [6, 6.07) is 0. The van der Waals surface area contributed by atoms with Crippen LogP contribution in [0.15, 0.2) is 0 Å². The van der Waals surface area contributed by atoms with Gasteiger partial charge in [0.1, 0.15) is 0 Å². The third-order valence-corrected chi connectivity index (χ3v) is 10.9. The predicted molar refractivity (Wildman–Crippen MR) is 196 cm³/mol. The number of aliphatic hydroxyl groups is 4. The quantitative estimate of drug-likeness (QED) is 0.0439. The van der Waals surface area contributed by atoms with Crippen molar-refractivity contribution in [2.24, 2.45) is 11.8 Å². The summed E-state index contributed by atoms with van der Waals surface area (Å²) >= 11 is 0. The van der Waals surface area contributed by atoms with Gasteiger partial charge in [0.25, 0.3) is 0 Å². The van der Waals surface area contributed by atoms with Crippen LogP contribution in [0.1, 0.15) is 207 Å². The van der Waals surface area contributed by atoms with Crippen LogP contribution in [0.4, 0.5) is 0 Å². The van der Waals surface area contributed by atoms with Crippen molar-refractivity contribution in [3.8, 4) is 0 Å². The van der Waals surface area contributed by atoms with Gasteiger partial charge in [-0.15, -0.1) is 0 Å². The van der Waals surface area contributed by atoms with Gasteiger partial charge in [0.15, 0.2) is 0 Å². The van der Waals surface area contributed by atoms with E-state index in [1.54, 1.807) is 0 Å². The van der Waals surface area contributed by atoms with Crippen LogP contribution < -0.4 is 5.32 Å². The van der Waals surface area contributed by atoms with E-state index < -0.39 is 11.1 Å². The molecule has 0 rings (SSSR count). The first-order chi connectivity index (χ1) is 22.0. The maximum atomic E-state index is 10.6. The first-order valence-corrected chi connectivity index (χ1v) is 20.2. The molecule has 0 aliphatic carbocycles. The molecule has 0 aliphatic heterocycles. The first-order valence-electron chi connectivity index (χ1n) is 20.2. The highest BCUT2D eigenvalue weighted by Crippen LogP contribution is 2.42. The van der Waals surface area contributed by atoms with Crippen LogP contribution in [0.5, 0.6) is 0 Å². The van der Waals surface area contributed by atoms with Crippen LogP contribution in [0.25, 0.3) is 0 Å². The molecule has 0 spiro atoms. The maximum Gasteiger partial charge on any atom is 0.0448 e. The molecule has 5 heteroatoms. The molecule has 45 heavy (non-hydrogen) atoms. The van der Waals surface area contributed by atoms with Gasteiger partial charge in [-0.1, -0.05) is 156 Å². The summed E-state index contributed by atoms with van der Waals surface area (Å²) in [7, 11) is 0. The summed E-state index contributed by atoms with van der Waals surface area (Å²) in [4.78, 5) is 0. The molecule has 0 amide bonds. The fourth-order valence-corrected chi connectivity index (χ4v) is 8.19. The van der Waals surface area contributed by atoms with Gasteiger partial charge in [0.2, 0.25) is 0 Å². The van der Waals surface area contributed by atoms with Crippen LogP contribution in [0.2, 0.25) is 0 Å². The zero-order valence-electron chi connectivity index (χ0n) is 31.1. The highest BCUT2D eigenvalue weighted by molar-refractivity contribution is 5.05. The van der Waals surface area contributed by atoms with Crippen molar-refractivity contribution in [2.75, 3.05) is 26.4 Å². The van der Waals surface area contributed by atoms with Gasteiger partial charge in [-0.25, -0.2) is 0 Å². The Kier molecular flexibility index (Phi) is 31.0. The standard InChI is InChI=1S/C40H83NO4/c1-5-9-13-17-19-23-27-37(25-21-15-11-7-3)39(29-33-42,30-34-43)41-40(31-35-44,32-36-45)38(26-22-16-12-8-4)28-24-20-18-14-10-6-2/h37-38,41-45H,5-36H2,1-4H3. The molecule has 2 atom stereocenters. The number of nitrogens with one attached hydrogen (secondary N) is 1. The summed E-state index contributed by atoms with van der Waals surface area (Å²) in [5.74, 6) is 0.706. The molecule has 0 saturated carbocycles. The summed E-state index contributed by atoms with van der Waals surface area (Å²) in [5.41, 5.74) is -0.821. The third-order valence-electron chi connectivity index (χ3n) is 10.9. The SMILES string of the molecule is CCCCCCCCC(CCCCCC)C(CCO)(CCO)NC(CCO)(CCO)C(CCCCCC)CCCCCCCC. The fourth-order valence-electron chi connectivity index (χ4n) is 8.19. The average molecular weight is 642 g/mol. The molecule has 0 aliphatic rings. The molecule has 0 heterocycles. The lowest BCUT2D eigenvalue weighted by atomic mass is 9.67. The summed E-state index contributed by atoms with van der Waals surface area (Å²) in [6.45, 7) is 9.41. The van der Waals surface area contributed by atoms with Gasteiger partial charge in [-0.3, -0.25) is 0 Å². The van der Waals surface area contributed by atoms with E-state index in [9.17, 15) is 20.4 Å². The van der Waals surface area contributed by atoms with Crippen LogP contribution in [-0.4, -0.2) is 57.9 Å². The average Bonchev–Trinajstić information content (AvgIpc) is 3.02. The summed E-state index contributed by atoms with van der Waals surface area (Å²) in [6.07, 6.45) is 31.8. The van der Waals surface area contributed by atoms with E-state index in [1.165, 1.54) is 128 Å². The van der Waals surface area contributed by atoms with Crippen molar-refractivity contribution in [3.05, 3.63) is 0 Å². The van der Waals surface area contributed by atoms with E-state index in [1.807, 2.05) is 0 Å². The summed E-state index contributed by atoms with van der Waals surface area (Å²) < 4.78 is 0. The van der Waals surface area contributed by atoms with Gasteiger partial charge in [-0.05, 0) is 63.2 Å². The van der Waals surface area contributed by atoms with Gasteiger partial charge in [-0.2, -0.15) is 0 Å². The fraction of sp³-hybridized carbons (Fsp3) is 1.00. The maximum absolute atomic E-state index is 10.6. The molecule has 2 unspecified atom stereocenters. The molecule has 0 aromatic carbocycles. The smallest absolute Gasteiger partial charge is 0.0448 e. The van der Waals surface area contributed by atoms with Gasteiger partial charge in [0, 0.05) is 37.5 Å². The minimum atomic E-state index is -0.410. The minimum absolute atomic E-state index is 0.0852. The van der Waals surface area contributed by atoms with Crippen molar-refractivity contribution < 1.29 is 20.4 Å². The Balaban J connectivity index is 6.48. The number of hydrogen-bond donors (Lipinski definition) is 5. The van der Waals surface area contributed by atoms with Gasteiger partial charge >= 0.3 is 0 Å². The highest BCUT2D eigenvalue weighted by atomic mass is 16.3. The lowest BCUT2D eigenvalue weighted by molar-refractivity contribution is 0.0118. The molecule has 5 N–H and O–H groups in total. The molecule has 0 aromatic heterocycles. The largest absolute Gasteiger partial charge is 0.396 e. The van der Waals surface area contributed by atoms with Crippen LogP contribution >= 0.6 is 0 Å². The Morgan fingerprint density at radius 1 is 0.356 bits per heavy atom. The Hall–Kier alpha value is -0.200. The van der Waals surface area contributed by atoms with Crippen LogP contribution in [-0.2, 0) is 0 Å². The van der Waals surface area contributed by atoms with Crippen molar-refractivity contribution in [1.29, 1.82) is 0 Å². The first kappa shape index (κ1) is 44.8. The van der Waals surface area contributed by atoms with Crippen molar-refractivity contribution in [3.63, 3.8) is 0 Å². The Labute approximate surface area is 282 Å². The van der Waals surface area contributed by atoms with E-state index >= 15 is 0 Å². The summed E-state index contributed by atoms with van der Waals surface area (Å²) in [5, 5.41) is 46.6. The van der Waals surface area contributed by atoms with Crippen molar-refractivity contribution in [2.45, 2.75) is 219 Å². The van der Waals surface area contributed by atoms with Gasteiger partial charge in [0.05, 0.1) is 0 Å². The Bertz CT molecular complexity index is 539. The lowest BCUT2D eigenvalue weighted by Crippen LogP contribution is -2.65. The lowest BCUT2D eigenvalue weighted by Gasteiger charge is -2.53. The highest BCUT2D eigenvalue weighted by Gasteiger charge is 2.46. The number of rotatable bonds is 36. The van der Waals surface area contributed by atoms with Crippen LogP contribution in [0.3, 0.4) is 0 Å². The minimum Gasteiger partial charge on any atom is -0.396 e. The predicted octanol–water partition coefficient (Wildman–Crippen LogP) is 10.3. The van der Waals surface area contributed by atoms with Crippen molar-refractivity contribution in [1.82, 2.24) is 5.32 Å². The Morgan fingerprint density at radius 2 is 0.578 bits per heavy atom. The Morgan fingerprint density at radius 3 is 0.822 bits per heavy atom. The molecule has 5 nitrogen and oxygen atoms in total. The second kappa shape index (κ2) is 31.1. The van der Waals surface area contributed by atoms with E-state index in [-0.39, 0.29) is 26.4 Å². The number of aliphatic hydroxyl groups excluding tert-OH is 4. The molecule has 0 aromatic rings. The van der Waals surface area contributed by atoms with Crippen LogP contribution in [0, 0.1) is 11.8 Å². The van der Waals surface area contributed by atoms with E-state index in [0.717, 1.165) is 25.7 Å². The van der Waals surface area contributed by atoms with Gasteiger partial charge < -0.3 is 25.7 Å². The molecular formula is C40H83NO4. The molecule has 272 valence electrons. The van der Waals surface area contributed by atoms with E-state index in [2.05, 4.69) is 33.0 Å². The van der Waals surface area contributed by atoms with Crippen molar-refractivity contribution >= 4 is 0 Å². The zero-order valence-corrected chi connectivity index (χ0v) is 31.1. The number of unbranched alkanes of at least 4 members (excludes halogenated alkanes) is 16. The topological polar surface area (TPSA) is 93.0 Å². The molecule has 0 radical (unpaired) electrons.